The highest BCUT2D eigenvalue weighted by molar-refractivity contribution is 6.04. The number of piperidine rings is 2. The van der Waals surface area contributed by atoms with E-state index in [1.807, 2.05) is 35.1 Å². The lowest BCUT2D eigenvalue weighted by atomic mass is 9.83. The summed E-state index contributed by atoms with van der Waals surface area (Å²) in [6.45, 7) is 5.14. The number of carbonyl (C=O) groups is 3. The number of para-hydroxylation sites is 1. The van der Waals surface area contributed by atoms with Crippen molar-refractivity contribution in [3.05, 3.63) is 87.7 Å². The van der Waals surface area contributed by atoms with E-state index in [1.54, 1.807) is 39.1 Å². The maximum atomic E-state index is 16.2. The molecule has 1 saturated carbocycles. The summed E-state index contributed by atoms with van der Waals surface area (Å²) in [6, 6.07) is 15.1. The third-order valence-corrected chi connectivity index (χ3v) is 12.1. The number of nitrogens with zero attached hydrogens (tertiary/aromatic N) is 7. The number of likely N-dealkylation sites (tertiary alicyclic amines) is 1. The molecule has 1 aliphatic carbocycles. The van der Waals surface area contributed by atoms with Gasteiger partial charge in [-0.3, -0.25) is 33.5 Å². The molecule has 14 nitrogen and oxygen atoms in total. The number of amides is 3. The number of benzene rings is 2. The number of nitrogens with one attached hydrogen (secondary N) is 2. The van der Waals surface area contributed by atoms with E-state index in [-0.39, 0.29) is 41.9 Å². The molecule has 3 aromatic heterocycles. The molecule has 5 aromatic rings. The van der Waals surface area contributed by atoms with Gasteiger partial charge < -0.3 is 15.3 Å². The number of hydrogen-bond donors (Lipinski definition) is 3. The predicted molar refractivity (Wildman–Crippen MR) is 210 cm³/mol. The van der Waals surface area contributed by atoms with E-state index in [2.05, 4.69) is 20.5 Å². The molecule has 15 heteroatoms. The Kier molecular flexibility index (Phi) is 10.0. The van der Waals surface area contributed by atoms with Crippen molar-refractivity contribution in [1.29, 1.82) is 5.26 Å². The second-order valence-electron chi connectivity index (χ2n) is 16.3. The number of carbonyl (C=O) groups excluding carboxylic acids is 3. The molecule has 3 atom stereocenters. The molecule has 2 aliphatic heterocycles. The number of hydrogen-bond acceptors (Lipinski definition) is 9. The lowest BCUT2D eigenvalue weighted by Crippen LogP contribution is -2.44. The second-order valence-corrected chi connectivity index (χ2v) is 16.3. The van der Waals surface area contributed by atoms with E-state index < -0.39 is 35.5 Å². The molecule has 1 unspecified atom stereocenters. The van der Waals surface area contributed by atoms with E-state index in [0.29, 0.717) is 46.7 Å². The first-order chi connectivity index (χ1) is 27.3. The van der Waals surface area contributed by atoms with Crippen molar-refractivity contribution < 1.29 is 23.9 Å². The smallest absolute Gasteiger partial charge is 0.329 e. The fourth-order valence-electron chi connectivity index (χ4n) is 9.14. The molecule has 0 radical (unpaired) electrons. The lowest BCUT2D eigenvalue weighted by Gasteiger charge is -2.38. The first-order valence-electron chi connectivity index (χ1n) is 19.6. The minimum Gasteiger partial charge on any atom is -0.386 e. The highest BCUT2D eigenvalue weighted by Gasteiger charge is 2.36. The van der Waals surface area contributed by atoms with Gasteiger partial charge in [0.1, 0.15) is 29.7 Å². The number of halogens is 1. The number of alkyl halides is 1. The van der Waals surface area contributed by atoms with Gasteiger partial charge in [-0.25, -0.2) is 14.2 Å². The minimum atomic E-state index is -1.27. The Morgan fingerprint density at radius 2 is 1.84 bits per heavy atom. The Bertz CT molecular complexity index is 2500. The minimum absolute atomic E-state index is 0.0969. The molecule has 0 spiro atoms. The summed E-state index contributed by atoms with van der Waals surface area (Å²) in [6.07, 6.45) is 5.61. The van der Waals surface area contributed by atoms with Gasteiger partial charge in [-0.15, -0.1) is 0 Å². The number of aliphatic hydroxyl groups is 1. The number of aromatic nitrogens is 5. The van der Waals surface area contributed by atoms with Crippen molar-refractivity contribution in [1.82, 2.24) is 34.1 Å². The van der Waals surface area contributed by atoms with Gasteiger partial charge in [-0.2, -0.15) is 10.4 Å². The molecule has 2 saturated heterocycles. The van der Waals surface area contributed by atoms with Gasteiger partial charge in [0, 0.05) is 55.3 Å². The normalized spacial score (nSPS) is 23.4. The number of anilines is 1. The van der Waals surface area contributed by atoms with Crippen LogP contribution in [0.15, 0.2) is 59.5 Å². The van der Waals surface area contributed by atoms with Gasteiger partial charge in [0.2, 0.25) is 11.8 Å². The fourth-order valence-corrected chi connectivity index (χ4v) is 9.14. The van der Waals surface area contributed by atoms with Crippen LogP contribution < -0.4 is 16.3 Å². The molecule has 0 bridgehead atoms. The fraction of sp³-hybridized carbons (Fsp3) is 0.452. The van der Waals surface area contributed by atoms with E-state index in [1.165, 1.54) is 21.3 Å². The quantitative estimate of drug-likeness (QED) is 0.184. The Morgan fingerprint density at radius 1 is 1.07 bits per heavy atom. The van der Waals surface area contributed by atoms with Gasteiger partial charge in [0.05, 0.1) is 28.2 Å². The molecule has 3 amide bonds. The molecule has 3 fully saturated rings. The number of imide groups is 1. The molecular formula is C42H46FN9O5. The van der Waals surface area contributed by atoms with Crippen LogP contribution in [0.25, 0.3) is 21.9 Å². The summed E-state index contributed by atoms with van der Waals surface area (Å²) >= 11 is 0. The highest BCUT2D eigenvalue weighted by Crippen LogP contribution is 2.39. The van der Waals surface area contributed by atoms with Crippen LogP contribution in [-0.4, -0.2) is 77.4 Å². The number of fused-ring (bicyclic) bond motifs is 2. The average molecular weight is 776 g/mol. The van der Waals surface area contributed by atoms with Crippen LogP contribution in [0.4, 0.5) is 10.1 Å². The van der Waals surface area contributed by atoms with E-state index >= 15 is 4.39 Å². The highest BCUT2D eigenvalue weighted by atomic mass is 19.1. The van der Waals surface area contributed by atoms with Gasteiger partial charge >= 0.3 is 5.69 Å². The van der Waals surface area contributed by atoms with Crippen molar-refractivity contribution in [3.8, 4) is 6.07 Å². The van der Waals surface area contributed by atoms with Crippen molar-refractivity contribution in [2.45, 2.75) is 88.6 Å². The molecule has 3 aliphatic rings. The summed E-state index contributed by atoms with van der Waals surface area (Å²) in [5, 5.41) is 31.2. The molecule has 296 valence electrons. The van der Waals surface area contributed by atoms with Crippen LogP contribution in [0.5, 0.6) is 0 Å². The van der Waals surface area contributed by atoms with Gasteiger partial charge in [0.25, 0.3) is 5.91 Å². The standard InChI is InChI=1S/C42H46FN9O5/c1-42(2,57)30-19-33-25(18-34(30)46-39(54)32-8-4-6-26(20-44)45-32)22-51(48-33)27-12-10-24(11-13-27)21-50-17-16-28(31(43)23-50)29-7-5-9-35-38(29)49(3)41(56)52(35)36-14-15-37(53)47-40(36)55/h4-9,18-19,22,24,27-28,31,36,57H,10-17,21,23H2,1-3H3,(H,46,54)(H,47,53,55)/t24?,27?,28-,31-,36?/m1/s1. The van der Waals surface area contributed by atoms with Gasteiger partial charge in [0.15, 0.2) is 0 Å². The molecule has 57 heavy (non-hydrogen) atoms. The van der Waals surface area contributed by atoms with E-state index in [9.17, 15) is 29.5 Å². The summed E-state index contributed by atoms with van der Waals surface area (Å²) in [7, 11) is 1.66. The van der Waals surface area contributed by atoms with Crippen LogP contribution in [0.3, 0.4) is 0 Å². The summed E-state index contributed by atoms with van der Waals surface area (Å²) in [5.41, 5.74) is 2.23. The monoisotopic (exact) mass is 775 g/mol. The molecule has 5 heterocycles. The zero-order valence-electron chi connectivity index (χ0n) is 32.2. The first-order valence-corrected chi connectivity index (χ1v) is 19.6. The number of imidazole rings is 1. The topological polar surface area (TPSA) is 180 Å². The average Bonchev–Trinajstić information content (AvgIpc) is 3.72. The number of aryl methyl sites for hydroxylation is 1. The number of nitriles is 1. The van der Waals surface area contributed by atoms with Crippen molar-refractivity contribution >= 4 is 45.3 Å². The largest absolute Gasteiger partial charge is 0.386 e. The van der Waals surface area contributed by atoms with Crippen LogP contribution >= 0.6 is 0 Å². The molecule has 2 aromatic carbocycles. The number of rotatable bonds is 8. The van der Waals surface area contributed by atoms with Crippen molar-refractivity contribution in [2.24, 2.45) is 13.0 Å². The Morgan fingerprint density at radius 3 is 2.56 bits per heavy atom. The zero-order valence-corrected chi connectivity index (χ0v) is 32.2. The Labute approximate surface area is 328 Å². The van der Waals surface area contributed by atoms with Crippen LogP contribution in [-0.2, 0) is 22.2 Å². The third-order valence-electron chi connectivity index (χ3n) is 12.1. The summed E-state index contributed by atoms with van der Waals surface area (Å²) in [4.78, 5) is 57.4. The SMILES string of the molecule is Cn1c(=O)n(C2CCC(=O)NC2=O)c2cccc([C@H]3CCN(CC4CCC(n5cc6cc(NC(=O)c7cccc(C#N)n7)c(C(C)(C)O)cc6n5)CC4)C[C@H]3F)c21. The maximum Gasteiger partial charge on any atom is 0.329 e. The van der Waals surface area contributed by atoms with E-state index in [4.69, 9.17) is 5.10 Å². The van der Waals surface area contributed by atoms with Crippen LogP contribution in [0.2, 0.25) is 0 Å². The first kappa shape index (κ1) is 38.2. The van der Waals surface area contributed by atoms with Crippen LogP contribution in [0, 0.1) is 17.2 Å². The van der Waals surface area contributed by atoms with Gasteiger partial charge in [-0.1, -0.05) is 18.2 Å². The van der Waals surface area contributed by atoms with E-state index in [0.717, 1.165) is 49.7 Å². The van der Waals surface area contributed by atoms with Crippen LogP contribution in [0.1, 0.15) is 104 Å². The number of pyridine rings is 1. The van der Waals surface area contributed by atoms with Crippen molar-refractivity contribution in [2.75, 3.05) is 25.0 Å². The molecule has 8 rings (SSSR count). The third kappa shape index (κ3) is 7.35. The molecule has 3 N–H and O–H groups in total. The Hall–Kier alpha value is -5.72. The Balaban J connectivity index is 0.913. The predicted octanol–water partition coefficient (Wildman–Crippen LogP) is 4.97. The van der Waals surface area contributed by atoms with Crippen molar-refractivity contribution in [3.63, 3.8) is 0 Å². The lowest BCUT2D eigenvalue weighted by molar-refractivity contribution is -0.135. The second kappa shape index (κ2) is 15.0. The summed E-state index contributed by atoms with van der Waals surface area (Å²) < 4.78 is 21.1. The molecular weight excluding hydrogens is 730 g/mol. The maximum absolute atomic E-state index is 16.2. The zero-order chi connectivity index (χ0) is 40.2. The van der Waals surface area contributed by atoms with Gasteiger partial charge in [-0.05, 0) is 101 Å². The summed E-state index contributed by atoms with van der Waals surface area (Å²) in [5.74, 6) is -1.31.